The van der Waals surface area contributed by atoms with Crippen LogP contribution in [0.1, 0.15) is 42.9 Å². The maximum absolute atomic E-state index is 14.2. The molecule has 5 heteroatoms. The largest absolute Gasteiger partial charge is 0.480 e. The third kappa shape index (κ3) is 4.73. The second kappa shape index (κ2) is 8.03. The van der Waals surface area contributed by atoms with E-state index < -0.39 is 23.6 Å². The van der Waals surface area contributed by atoms with Crippen LogP contribution in [0.2, 0.25) is 0 Å². The molecule has 3 N–H and O–H groups in total. The van der Waals surface area contributed by atoms with Crippen LogP contribution in [0, 0.1) is 11.6 Å². The van der Waals surface area contributed by atoms with E-state index in [4.69, 9.17) is 10.8 Å². The molecule has 0 spiro atoms. The van der Waals surface area contributed by atoms with Gasteiger partial charge in [0, 0.05) is 11.6 Å². The highest BCUT2D eigenvalue weighted by Gasteiger charge is 2.15. The molecule has 2 aromatic rings. The highest BCUT2D eigenvalue weighted by molar-refractivity contribution is 5.81. The number of rotatable bonds is 6. The van der Waals surface area contributed by atoms with Gasteiger partial charge in [0.15, 0.2) is 0 Å². The van der Waals surface area contributed by atoms with Gasteiger partial charge in [0.2, 0.25) is 0 Å². The lowest BCUT2D eigenvalue weighted by Gasteiger charge is -2.13. The van der Waals surface area contributed by atoms with Crippen LogP contribution < -0.4 is 5.73 Å². The summed E-state index contributed by atoms with van der Waals surface area (Å²) in [4.78, 5) is 10.9. The molecule has 0 amide bonds. The Labute approximate surface area is 145 Å². The third-order valence-electron chi connectivity index (χ3n) is 4.00. The van der Waals surface area contributed by atoms with Gasteiger partial charge in [-0.3, -0.25) is 4.79 Å². The molecular weight excluding hydrogens is 324 g/mol. The first-order valence-corrected chi connectivity index (χ1v) is 8.04. The number of aliphatic carboxylic acids is 1. The van der Waals surface area contributed by atoms with E-state index in [0.29, 0.717) is 17.1 Å². The van der Waals surface area contributed by atoms with Crippen LogP contribution >= 0.6 is 0 Å². The smallest absolute Gasteiger partial charge is 0.320 e. The van der Waals surface area contributed by atoms with Gasteiger partial charge in [0.05, 0.1) is 0 Å². The van der Waals surface area contributed by atoms with Gasteiger partial charge in [-0.15, -0.1) is 0 Å². The summed E-state index contributed by atoms with van der Waals surface area (Å²) in [5.74, 6) is -2.16. The summed E-state index contributed by atoms with van der Waals surface area (Å²) < 4.78 is 27.5. The molecule has 0 aliphatic rings. The zero-order valence-corrected chi connectivity index (χ0v) is 14.2. The van der Waals surface area contributed by atoms with Crippen molar-refractivity contribution in [3.8, 4) is 0 Å². The third-order valence-corrected chi connectivity index (χ3v) is 4.00. The summed E-state index contributed by atoms with van der Waals surface area (Å²) >= 11 is 0. The van der Waals surface area contributed by atoms with Crippen LogP contribution in [0.3, 0.4) is 0 Å². The second-order valence-corrected chi connectivity index (χ2v) is 6.20. The highest BCUT2D eigenvalue weighted by Crippen LogP contribution is 2.28. The molecule has 2 aromatic carbocycles. The van der Waals surface area contributed by atoms with E-state index in [1.54, 1.807) is 6.08 Å². The Morgan fingerprint density at radius 3 is 2.32 bits per heavy atom. The fourth-order valence-electron chi connectivity index (χ4n) is 2.48. The number of carboxylic acid groups (broad SMARTS) is 1. The highest BCUT2D eigenvalue weighted by atomic mass is 19.1. The molecule has 0 aromatic heterocycles. The average molecular weight is 345 g/mol. The summed E-state index contributed by atoms with van der Waals surface area (Å²) in [5, 5.41) is 8.95. The monoisotopic (exact) mass is 345 g/mol. The minimum Gasteiger partial charge on any atom is -0.480 e. The molecule has 1 unspecified atom stereocenters. The minimum atomic E-state index is -1.13. The predicted molar refractivity (Wildman–Crippen MR) is 94.2 cm³/mol. The summed E-state index contributed by atoms with van der Waals surface area (Å²) in [7, 11) is 0. The minimum absolute atomic E-state index is 0.0351. The van der Waals surface area contributed by atoms with Crippen LogP contribution in [0.25, 0.3) is 5.57 Å². The molecule has 0 radical (unpaired) electrons. The van der Waals surface area contributed by atoms with Crippen molar-refractivity contribution in [2.24, 2.45) is 5.73 Å². The van der Waals surface area contributed by atoms with E-state index in [0.717, 1.165) is 11.6 Å². The van der Waals surface area contributed by atoms with E-state index in [2.05, 4.69) is 13.8 Å². The van der Waals surface area contributed by atoms with Gasteiger partial charge in [-0.1, -0.05) is 44.2 Å². The molecule has 0 saturated carbocycles. The van der Waals surface area contributed by atoms with Crippen molar-refractivity contribution in [2.75, 3.05) is 0 Å². The maximum atomic E-state index is 14.2. The van der Waals surface area contributed by atoms with E-state index in [9.17, 15) is 13.6 Å². The van der Waals surface area contributed by atoms with Crippen LogP contribution in [-0.4, -0.2) is 17.1 Å². The molecule has 2 rings (SSSR count). The number of hydrogen-bond donors (Lipinski definition) is 2. The van der Waals surface area contributed by atoms with Crippen molar-refractivity contribution >= 4 is 11.5 Å². The van der Waals surface area contributed by atoms with Crippen molar-refractivity contribution < 1.29 is 18.7 Å². The maximum Gasteiger partial charge on any atom is 0.320 e. The molecule has 0 saturated heterocycles. The normalized spacial score (nSPS) is 13.1. The van der Waals surface area contributed by atoms with Gasteiger partial charge in [-0.2, -0.15) is 0 Å². The summed E-state index contributed by atoms with van der Waals surface area (Å²) in [6.07, 6.45) is 1.62. The standard InChI is InChI=1S/C20H21F2NO2/c1-12(2)13-3-5-14(6-4-13)16(9-10-19(23)20(24)25)17-8-7-15(21)11-18(17)22/h3-9,11-12,19H,10,23H2,1-2H3,(H,24,25). The Hall–Kier alpha value is -2.53. The van der Waals surface area contributed by atoms with Crippen LogP contribution in [-0.2, 0) is 4.79 Å². The van der Waals surface area contributed by atoms with Gasteiger partial charge in [-0.25, -0.2) is 8.78 Å². The Kier molecular flexibility index (Phi) is 6.04. The molecule has 0 fully saturated rings. The lowest BCUT2D eigenvalue weighted by atomic mass is 9.93. The molecule has 0 heterocycles. The summed E-state index contributed by atoms with van der Waals surface area (Å²) in [5.41, 5.74) is 8.09. The van der Waals surface area contributed by atoms with Crippen molar-refractivity contribution in [1.29, 1.82) is 0 Å². The fourth-order valence-corrected chi connectivity index (χ4v) is 2.48. The zero-order valence-electron chi connectivity index (χ0n) is 14.2. The molecule has 25 heavy (non-hydrogen) atoms. The number of carbonyl (C=O) groups is 1. The van der Waals surface area contributed by atoms with Crippen molar-refractivity contribution in [3.05, 3.63) is 76.9 Å². The first kappa shape index (κ1) is 18.8. The lowest BCUT2D eigenvalue weighted by Crippen LogP contribution is -2.29. The zero-order chi connectivity index (χ0) is 18.6. The Balaban J connectivity index is 2.48. The fraction of sp³-hybridized carbons (Fsp3) is 0.250. The second-order valence-electron chi connectivity index (χ2n) is 6.20. The Morgan fingerprint density at radius 1 is 1.16 bits per heavy atom. The topological polar surface area (TPSA) is 63.3 Å². The SMILES string of the molecule is CC(C)c1ccc(C(=CCC(N)C(=O)O)c2ccc(F)cc2F)cc1. The average Bonchev–Trinajstić information content (AvgIpc) is 2.56. The lowest BCUT2D eigenvalue weighted by molar-refractivity contribution is -0.138. The van der Waals surface area contributed by atoms with E-state index in [1.165, 1.54) is 12.1 Å². The van der Waals surface area contributed by atoms with Crippen molar-refractivity contribution in [3.63, 3.8) is 0 Å². The molecule has 0 aliphatic heterocycles. The van der Waals surface area contributed by atoms with Crippen LogP contribution in [0.4, 0.5) is 8.78 Å². The quantitative estimate of drug-likeness (QED) is 0.819. The van der Waals surface area contributed by atoms with Gasteiger partial charge < -0.3 is 10.8 Å². The van der Waals surface area contributed by atoms with Gasteiger partial charge in [0.1, 0.15) is 17.7 Å². The van der Waals surface area contributed by atoms with Gasteiger partial charge in [0.25, 0.3) is 0 Å². The Bertz CT molecular complexity index is 783. The van der Waals surface area contributed by atoms with Crippen molar-refractivity contribution in [1.82, 2.24) is 0 Å². The molecular formula is C20H21F2NO2. The molecule has 0 aliphatic carbocycles. The first-order chi connectivity index (χ1) is 11.8. The van der Waals surface area contributed by atoms with E-state index >= 15 is 0 Å². The van der Waals surface area contributed by atoms with E-state index in [-0.39, 0.29) is 12.0 Å². The number of halogens is 2. The number of hydrogen-bond acceptors (Lipinski definition) is 2. The number of nitrogens with two attached hydrogens (primary N) is 1. The van der Waals surface area contributed by atoms with Gasteiger partial charge >= 0.3 is 5.97 Å². The molecule has 132 valence electrons. The molecule has 3 nitrogen and oxygen atoms in total. The van der Waals surface area contributed by atoms with Crippen LogP contribution in [0.5, 0.6) is 0 Å². The predicted octanol–water partition coefficient (Wildman–Crippen LogP) is 4.32. The summed E-state index contributed by atoms with van der Waals surface area (Å²) in [6, 6.07) is 9.80. The summed E-state index contributed by atoms with van der Waals surface area (Å²) in [6.45, 7) is 4.13. The Morgan fingerprint density at radius 2 is 1.80 bits per heavy atom. The first-order valence-electron chi connectivity index (χ1n) is 8.04. The van der Waals surface area contributed by atoms with Crippen molar-refractivity contribution in [2.45, 2.75) is 32.2 Å². The number of carboxylic acids is 1. The van der Waals surface area contributed by atoms with Crippen LogP contribution in [0.15, 0.2) is 48.5 Å². The van der Waals surface area contributed by atoms with Gasteiger partial charge in [-0.05, 0) is 41.2 Å². The van der Waals surface area contributed by atoms with E-state index in [1.807, 2.05) is 24.3 Å². The molecule has 1 atom stereocenters. The molecule has 0 bridgehead atoms. The number of benzene rings is 2.